The van der Waals surface area contributed by atoms with E-state index in [2.05, 4.69) is 15.4 Å². The van der Waals surface area contributed by atoms with Crippen molar-refractivity contribution in [1.29, 1.82) is 0 Å². The van der Waals surface area contributed by atoms with Gasteiger partial charge in [0, 0.05) is 30.6 Å². The zero-order valence-electron chi connectivity index (χ0n) is 14.9. The molecule has 0 bridgehead atoms. The Bertz CT molecular complexity index is 958. The Hall–Kier alpha value is -3.20. The van der Waals surface area contributed by atoms with Crippen LogP contribution in [0.5, 0.6) is 0 Å². The summed E-state index contributed by atoms with van der Waals surface area (Å²) >= 11 is 0. The lowest BCUT2D eigenvalue weighted by atomic mass is 10.0. The predicted octanol–water partition coefficient (Wildman–Crippen LogP) is 3.60. The molecule has 28 heavy (non-hydrogen) atoms. The normalized spacial score (nSPS) is 11.0. The maximum Gasteiger partial charge on any atom is 0.257 e. The lowest BCUT2D eigenvalue weighted by Crippen LogP contribution is -2.17. The van der Waals surface area contributed by atoms with Crippen molar-refractivity contribution in [2.45, 2.75) is 13.0 Å². The Morgan fingerprint density at radius 1 is 1.21 bits per heavy atom. The van der Waals surface area contributed by atoms with Gasteiger partial charge in [-0.15, -0.1) is 0 Å². The highest BCUT2D eigenvalue weighted by Gasteiger charge is 2.16. The molecule has 0 radical (unpaired) electrons. The van der Waals surface area contributed by atoms with Gasteiger partial charge in [0.05, 0.1) is 0 Å². The molecule has 146 valence electrons. The highest BCUT2D eigenvalue weighted by atomic mass is 19.3. The molecule has 0 unspecified atom stereocenters. The van der Waals surface area contributed by atoms with Gasteiger partial charge in [0.2, 0.25) is 0 Å². The first-order valence-electron chi connectivity index (χ1n) is 8.33. The summed E-state index contributed by atoms with van der Waals surface area (Å²) in [5.74, 6) is -0.505. The van der Waals surface area contributed by atoms with E-state index in [-0.39, 0.29) is 18.3 Å². The second-order valence-corrected chi connectivity index (χ2v) is 5.92. The van der Waals surface area contributed by atoms with Gasteiger partial charge in [-0.1, -0.05) is 0 Å². The highest BCUT2D eigenvalue weighted by molar-refractivity contribution is 5.91. The molecule has 2 heterocycles. The van der Waals surface area contributed by atoms with Crippen molar-refractivity contribution >= 4 is 11.7 Å². The van der Waals surface area contributed by atoms with Gasteiger partial charge in [-0.3, -0.25) is 9.48 Å². The summed E-state index contributed by atoms with van der Waals surface area (Å²) in [7, 11) is 1.40. The maximum absolute atomic E-state index is 13.3. The van der Waals surface area contributed by atoms with Crippen LogP contribution in [0.3, 0.4) is 0 Å². The minimum atomic E-state index is -2.57. The number of hydrogen-bond acceptors (Lipinski definition) is 4. The number of anilines is 1. The molecule has 0 spiro atoms. The molecule has 0 aliphatic heterocycles. The summed E-state index contributed by atoms with van der Waals surface area (Å²) in [5, 5.41) is 6.82. The van der Waals surface area contributed by atoms with Crippen molar-refractivity contribution in [2.24, 2.45) is 0 Å². The second-order valence-electron chi connectivity index (χ2n) is 5.92. The fourth-order valence-corrected chi connectivity index (χ4v) is 2.66. The monoisotopic (exact) mass is 390 g/mol. The van der Waals surface area contributed by atoms with Crippen molar-refractivity contribution in [3.05, 3.63) is 54.6 Å². The number of ether oxygens (including phenoxy) is 1. The Labute approximate surface area is 159 Å². The van der Waals surface area contributed by atoms with E-state index in [1.165, 1.54) is 43.8 Å². The van der Waals surface area contributed by atoms with Gasteiger partial charge in [-0.05, 0) is 42.0 Å². The van der Waals surface area contributed by atoms with Crippen LogP contribution in [-0.4, -0.2) is 40.8 Å². The number of rotatable bonds is 7. The Morgan fingerprint density at radius 2 is 1.96 bits per heavy atom. The molecule has 1 amide bonds. The van der Waals surface area contributed by atoms with Crippen LogP contribution in [-0.2, 0) is 16.1 Å². The number of aromatic nitrogens is 3. The van der Waals surface area contributed by atoms with Gasteiger partial charge < -0.3 is 10.1 Å². The average Bonchev–Trinajstić information content (AvgIpc) is 3.06. The van der Waals surface area contributed by atoms with Gasteiger partial charge in [-0.2, -0.15) is 5.10 Å². The number of methoxy groups -OCH3 is 1. The number of nitrogens with one attached hydrogen (secondary N) is 1. The van der Waals surface area contributed by atoms with Crippen LogP contribution in [0.4, 0.5) is 19.0 Å². The zero-order chi connectivity index (χ0) is 20.1. The third-order valence-electron chi connectivity index (χ3n) is 3.82. The molecule has 1 N–H and O–H groups in total. The number of carbonyl (C=O) groups is 1. The maximum atomic E-state index is 13.3. The number of benzene rings is 1. The lowest BCUT2D eigenvalue weighted by molar-refractivity contribution is -0.119. The van der Waals surface area contributed by atoms with E-state index in [0.717, 1.165) is 4.68 Å². The summed E-state index contributed by atoms with van der Waals surface area (Å²) in [6, 6.07) is 8.86. The van der Waals surface area contributed by atoms with Crippen LogP contribution >= 0.6 is 0 Å². The van der Waals surface area contributed by atoms with Crippen LogP contribution in [0.15, 0.2) is 48.8 Å². The van der Waals surface area contributed by atoms with E-state index >= 15 is 0 Å². The molecule has 2 aromatic heterocycles. The fraction of sp³-hybridized carbons (Fsp3) is 0.211. The lowest BCUT2D eigenvalue weighted by Gasteiger charge is -2.07. The summed E-state index contributed by atoms with van der Waals surface area (Å²) in [5.41, 5.74) is 2.16. The first-order chi connectivity index (χ1) is 13.5. The number of hydrogen-bond donors (Lipinski definition) is 1. The predicted molar refractivity (Wildman–Crippen MR) is 97.4 cm³/mol. The van der Waals surface area contributed by atoms with E-state index in [1.54, 1.807) is 12.1 Å². The molecule has 0 aliphatic carbocycles. The van der Waals surface area contributed by atoms with Crippen LogP contribution in [0.25, 0.3) is 22.4 Å². The van der Waals surface area contributed by atoms with Crippen molar-refractivity contribution in [3.8, 4) is 22.4 Å². The molecule has 3 rings (SSSR count). The van der Waals surface area contributed by atoms with E-state index in [0.29, 0.717) is 22.4 Å². The zero-order valence-corrected chi connectivity index (χ0v) is 14.9. The highest BCUT2D eigenvalue weighted by Crippen LogP contribution is 2.32. The summed E-state index contributed by atoms with van der Waals surface area (Å²) in [6.07, 6.45) is 0.396. The van der Waals surface area contributed by atoms with E-state index in [9.17, 15) is 18.0 Å². The Kier molecular flexibility index (Phi) is 6.05. The van der Waals surface area contributed by atoms with Crippen LogP contribution < -0.4 is 5.32 Å². The minimum absolute atomic E-state index is 0.126. The van der Waals surface area contributed by atoms with E-state index < -0.39 is 18.8 Å². The summed E-state index contributed by atoms with van der Waals surface area (Å²) in [6.45, 7) is -0.699. The number of nitrogens with zero attached hydrogens (tertiary/aromatic N) is 3. The van der Waals surface area contributed by atoms with Crippen LogP contribution in [0.2, 0.25) is 0 Å². The third kappa shape index (κ3) is 4.74. The van der Waals surface area contributed by atoms with Crippen molar-refractivity contribution in [3.63, 3.8) is 0 Å². The number of alkyl halides is 2. The molecule has 9 heteroatoms. The third-order valence-corrected chi connectivity index (χ3v) is 3.82. The molecule has 0 fully saturated rings. The molecular weight excluding hydrogens is 373 g/mol. The molecular formula is C19H17F3N4O2. The van der Waals surface area contributed by atoms with Crippen molar-refractivity contribution in [2.75, 3.05) is 19.0 Å². The van der Waals surface area contributed by atoms with Gasteiger partial charge in [-0.25, -0.2) is 18.2 Å². The Balaban J connectivity index is 2.01. The van der Waals surface area contributed by atoms with Gasteiger partial charge in [0.1, 0.15) is 30.5 Å². The standard InChI is InChI=1S/C19H17F3N4O2/c1-28-11-18(27)24-17-8-13(6-7-23-17)15-9-26(10-16(21)22)25-19(15)12-2-4-14(20)5-3-12/h2-9,16H,10-11H2,1H3,(H,23,24,27). The number of carbonyl (C=O) groups excluding carboxylic acids is 1. The SMILES string of the molecule is COCC(=O)Nc1cc(-c2cn(CC(F)F)nc2-c2ccc(F)cc2)ccn1. The Morgan fingerprint density at radius 3 is 2.64 bits per heavy atom. The molecule has 1 aromatic carbocycles. The fourth-order valence-electron chi connectivity index (χ4n) is 2.66. The minimum Gasteiger partial charge on any atom is -0.375 e. The van der Waals surface area contributed by atoms with Crippen molar-refractivity contribution in [1.82, 2.24) is 14.8 Å². The summed E-state index contributed by atoms with van der Waals surface area (Å²) < 4.78 is 44.8. The number of amides is 1. The molecule has 0 aliphatic rings. The molecule has 3 aromatic rings. The van der Waals surface area contributed by atoms with Gasteiger partial charge in [0.15, 0.2) is 0 Å². The van der Waals surface area contributed by atoms with E-state index in [1.807, 2.05) is 0 Å². The average molecular weight is 390 g/mol. The summed E-state index contributed by atoms with van der Waals surface area (Å²) in [4.78, 5) is 15.8. The molecule has 6 nitrogen and oxygen atoms in total. The number of pyridine rings is 1. The van der Waals surface area contributed by atoms with Gasteiger partial charge in [0.25, 0.3) is 12.3 Å². The smallest absolute Gasteiger partial charge is 0.257 e. The van der Waals surface area contributed by atoms with Crippen LogP contribution in [0, 0.1) is 5.82 Å². The van der Waals surface area contributed by atoms with Crippen molar-refractivity contribution < 1.29 is 22.7 Å². The number of halogens is 3. The first-order valence-corrected chi connectivity index (χ1v) is 8.33. The van der Waals surface area contributed by atoms with Crippen LogP contribution in [0.1, 0.15) is 0 Å². The topological polar surface area (TPSA) is 69.0 Å². The first kappa shape index (κ1) is 19.6. The second kappa shape index (κ2) is 8.66. The largest absolute Gasteiger partial charge is 0.375 e. The van der Waals surface area contributed by atoms with E-state index in [4.69, 9.17) is 4.74 Å². The quantitative estimate of drug-likeness (QED) is 0.669. The molecule has 0 saturated carbocycles. The molecule has 0 saturated heterocycles. The molecule has 0 atom stereocenters. The van der Waals surface area contributed by atoms with Gasteiger partial charge >= 0.3 is 0 Å².